The van der Waals surface area contributed by atoms with Gasteiger partial charge in [-0.25, -0.2) is 8.78 Å². The molecule has 1 amide bonds. The third kappa shape index (κ3) is 5.16. The first-order valence-electron chi connectivity index (χ1n) is 7.77. The van der Waals surface area contributed by atoms with Gasteiger partial charge in [-0.2, -0.15) is 0 Å². The fourth-order valence-corrected chi connectivity index (χ4v) is 2.67. The van der Waals surface area contributed by atoms with Crippen LogP contribution in [0.15, 0.2) is 34.8 Å². The molecule has 0 aliphatic heterocycles. The number of amides is 1. The molecule has 1 N–H and O–H groups in total. The lowest BCUT2D eigenvalue weighted by Gasteiger charge is -2.14. The van der Waals surface area contributed by atoms with Gasteiger partial charge in [0.25, 0.3) is 0 Å². The molecule has 2 rings (SSSR count). The van der Waals surface area contributed by atoms with Crippen molar-refractivity contribution in [3.05, 3.63) is 52.0 Å². The van der Waals surface area contributed by atoms with E-state index in [1.165, 1.54) is 6.07 Å². The summed E-state index contributed by atoms with van der Waals surface area (Å²) in [5.74, 6) is -0.855. The van der Waals surface area contributed by atoms with Gasteiger partial charge in [0.2, 0.25) is 5.91 Å². The summed E-state index contributed by atoms with van der Waals surface area (Å²) in [6.07, 6.45) is -0.0100. The number of carbonyl (C=O) groups excluding carboxylic acids is 1. The van der Waals surface area contributed by atoms with Gasteiger partial charge in [-0.05, 0) is 43.7 Å². The summed E-state index contributed by atoms with van der Waals surface area (Å²) >= 11 is 3.40. The molecule has 0 atom stereocenters. The van der Waals surface area contributed by atoms with Crippen LogP contribution in [0.5, 0.6) is 11.5 Å². The van der Waals surface area contributed by atoms with Crippen LogP contribution >= 0.6 is 15.9 Å². The maximum Gasteiger partial charge on any atom is 0.228 e. The Morgan fingerprint density at radius 1 is 1.08 bits per heavy atom. The molecule has 2 aromatic rings. The van der Waals surface area contributed by atoms with Crippen LogP contribution in [-0.4, -0.2) is 19.1 Å². The Morgan fingerprint density at radius 2 is 1.72 bits per heavy atom. The van der Waals surface area contributed by atoms with Crippen LogP contribution < -0.4 is 14.8 Å². The van der Waals surface area contributed by atoms with Gasteiger partial charge >= 0.3 is 0 Å². The topological polar surface area (TPSA) is 47.6 Å². The highest BCUT2D eigenvalue weighted by Crippen LogP contribution is 2.34. The predicted molar refractivity (Wildman–Crippen MR) is 95.2 cm³/mol. The Labute approximate surface area is 153 Å². The summed E-state index contributed by atoms with van der Waals surface area (Å²) in [5, 5.41) is 2.43. The molecule has 0 radical (unpaired) electrons. The van der Waals surface area contributed by atoms with E-state index < -0.39 is 17.5 Å². The average Bonchev–Trinajstić information content (AvgIpc) is 2.55. The highest BCUT2D eigenvalue weighted by atomic mass is 79.9. The standard InChI is InChI=1S/C18H18BrF2NO3/c1-3-24-16-7-11(13(19)10-17(16)25-4-2)8-18(23)22-15-6-5-12(20)9-14(15)21/h5-7,9-10H,3-4,8H2,1-2H3,(H,22,23). The number of carbonyl (C=O) groups is 1. The zero-order chi connectivity index (χ0) is 18.4. The maximum absolute atomic E-state index is 13.6. The second kappa shape index (κ2) is 8.80. The Bertz CT molecular complexity index is 768. The third-order valence-electron chi connectivity index (χ3n) is 3.27. The van der Waals surface area contributed by atoms with Crippen molar-refractivity contribution >= 4 is 27.5 Å². The van der Waals surface area contributed by atoms with E-state index in [1.807, 2.05) is 13.8 Å². The van der Waals surface area contributed by atoms with Crippen molar-refractivity contribution in [3.63, 3.8) is 0 Å². The summed E-state index contributed by atoms with van der Waals surface area (Å²) in [6.45, 7) is 4.65. The van der Waals surface area contributed by atoms with E-state index >= 15 is 0 Å². The van der Waals surface area contributed by atoms with Crippen LogP contribution in [0.25, 0.3) is 0 Å². The van der Waals surface area contributed by atoms with Crippen LogP contribution in [0.4, 0.5) is 14.5 Å². The number of rotatable bonds is 7. The lowest BCUT2D eigenvalue weighted by Crippen LogP contribution is -2.16. The molecule has 134 valence electrons. The molecule has 2 aromatic carbocycles. The van der Waals surface area contributed by atoms with Crippen molar-refractivity contribution in [2.45, 2.75) is 20.3 Å². The molecule has 0 aromatic heterocycles. The van der Waals surface area contributed by atoms with Gasteiger partial charge in [0.1, 0.15) is 11.6 Å². The SMILES string of the molecule is CCOc1cc(Br)c(CC(=O)Nc2ccc(F)cc2F)cc1OCC. The van der Waals surface area contributed by atoms with Crippen molar-refractivity contribution in [2.24, 2.45) is 0 Å². The molecular formula is C18H18BrF2NO3. The predicted octanol–water partition coefficient (Wildman–Crippen LogP) is 4.71. The van der Waals surface area contributed by atoms with Gasteiger partial charge in [-0.1, -0.05) is 15.9 Å². The van der Waals surface area contributed by atoms with Gasteiger partial charge in [-0.3, -0.25) is 4.79 Å². The Morgan fingerprint density at radius 3 is 2.32 bits per heavy atom. The Hall–Kier alpha value is -2.15. The van der Waals surface area contributed by atoms with Crippen molar-refractivity contribution in [1.82, 2.24) is 0 Å². The van der Waals surface area contributed by atoms with Crippen LogP contribution in [-0.2, 0) is 11.2 Å². The monoisotopic (exact) mass is 413 g/mol. The number of benzene rings is 2. The lowest BCUT2D eigenvalue weighted by molar-refractivity contribution is -0.115. The van der Waals surface area contributed by atoms with E-state index in [1.54, 1.807) is 12.1 Å². The van der Waals surface area contributed by atoms with Crippen molar-refractivity contribution < 1.29 is 23.0 Å². The molecule has 0 heterocycles. The Balaban J connectivity index is 2.17. The first-order chi connectivity index (χ1) is 11.9. The quantitative estimate of drug-likeness (QED) is 0.714. The minimum atomic E-state index is -0.825. The highest BCUT2D eigenvalue weighted by Gasteiger charge is 2.15. The smallest absolute Gasteiger partial charge is 0.228 e. The van der Waals surface area contributed by atoms with Gasteiger partial charge in [0, 0.05) is 10.5 Å². The molecule has 0 spiro atoms. The number of ether oxygens (including phenoxy) is 2. The first kappa shape index (κ1) is 19.2. The van der Waals surface area contributed by atoms with Crippen LogP contribution in [0.2, 0.25) is 0 Å². The van der Waals surface area contributed by atoms with Crippen LogP contribution in [0, 0.1) is 11.6 Å². The summed E-state index contributed by atoms with van der Waals surface area (Å²) in [7, 11) is 0. The fraction of sp³-hybridized carbons (Fsp3) is 0.278. The fourth-order valence-electron chi connectivity index (χ4n) is 2.21. The Kier molecular flexibility index (Phi) is 6.75. The largest absolute Gasteiger partial charge is 0.490 e. The number of nitrogens with one attached hydrogen (secondary N) is 1. The zero-order valence-electron chi connectivity index (χ0n) is 13.9. The maximum atomic E-state index is 13.6. The molecule has 0 saturated carbocycles. The minimum absolute atomic E-state index is 0.0100. The normalized spacial score (nSPS) is 10.4. The molecule has 0 saturated heterocycles. The van der Waals surface area contributed by atoms with Crippen molar-refractivity contribution in [2.75, 3.05) is 18.5 Å². The first-order valence-corrected chi connectivity index (χ1v) is 8.56. The highest BCUT2D eigenvalue weighted by molar-refractivity contribution is 9.10. The second-order valence-electron chi connectivity index (χ2n) is 5.11. The number of halogens is 3. The summed E-state index contributed by atoms with van der Waals surface area (Å²) in [4.78, 5) is 12.2. The minimum Gasteiger partial charge on any atom is -0.490 e. The van der Waals surface area contributed by atoms with Gasteiger partial charge < -0.3 is 14.8 Å². The average molecular weight is 414 g/mol. The molecule has 0 aliphatic rings. The van der Waals surface area contributed by atoms with E-state index in [0.29, 0.717) is 34.7 Å². The summed E-state index contributed by atoms with van der Waals surface area (Å²) in [6, 6.07) is 6.42. The van der Waals surface area contributed by atoms with E-state index in [-0.39, 0.29) is 12.1 Å². The van der Waals surface area contributed by atoms with E-state index in [4.69, 9.17) is 9.47 Å². The number of hydrogen-bond donors (Lipinski definition) is 1. The second-order valence-corrected chi connectivity index (χ2v) is 5.96. The molecule has 0 fully saturated rings. The van der Waals surface area contributed by atoms with Crippen molar-refractivity contribution in [1.29, 1.82) is 0 Å². The van der Waals surface area contributed by atoms with Crippen LogP contribution in [0.3, 0.4) is 0 Å². The lowest BCUT2D eigenvalue weighted by atomic mass is 10.1. The van der Waals surface area contributed by atoms with Gasteiger partial charge in [0.15, 0.2) is 11.5 Å². The molecule has 0 aliphatic carbocycles. The molecule has 0 bridgehead atoms. The number of anilines is 1. The van der Waals surface area contributed by atoms with Crippen LogP contribution in [0.1, 0.15) is 19.4 Å². The van der Waals surface area contributed by atoms with Crippen molar-refractivity contribution in [3.8, 4) is 11.5 Å². The van der Waals surface area contributed by atoms with E-state index in [9.17, 15) is 13.6 Å². The number of hydrogen-bond acceptors (Lipinski definition) is 3. The molecule has 0 unspecified atom stereocenters. The summed E-state index contributed by atoms with van der Waals surface area (Å²) in [5.41, 5.74) is 0.588. The molecule has 4 nitrogen and oxygen atoms in total. The van der Waals surface area contributed by atoms with E-state index in [0.717, 1.165) is 12.1 Å². The third-order valence-corrected chi connectivity index (χ3v) is 4.01. The van der Waals surface area contributed by atoms with E-state index in [2.05, 4.69) is 21.2 Å². The molecular weight excluding hydrogens is 396 g/mol. The molecule has 7 heteroatoms. The summed E-state index contributed by atoms with van der Waals surface area (Å²) < 4.78 is 38.3. The molecule has 25 heavy (non-hydrogen) atoms. The van der Waals surface area contributed by atoms with Gasteiger partial charge in [0.05, 0.1) is 25.3 Å². The zero-order valence-corrected chi connectivity index (χ0v) is 15.5. The van der Waals surface area contributed by atoms with Gasteiger partial charge in [-0.15, -0.1) is 0 Å².